The lowest BCUT2D eigenvalue weighted by Crippen LogP contribution is -2.30. The maximum atomic E-state index is 13.0. The van der Waals surface area contributed by atoms with Crippen LogP contribution in [0.25, 0.3) is 0 Å². The molecule has 0 aromatic carbocycles. The van der Waals surface area contributed by atoms with Gasteiger partial charge in [0.25, 0.3) is 0 Å². The monoisotopic (exact) mass is 1120 g/mol. The van der Waals surface area contributed by atoms with Gasteiger partial charge in [-0.2, -0.15) is 0 Å². The zero-order valence-corrected chi connectivity index (χ0v) is 52.1. The van der Waals surface area contributed by atoms with Crippen LogP contribution in [0.5, 0.6) is 0 Å². The number of phosphoric acid groups is 1. The van der Waals surface area contributed by atoms with Gasteiger partial charge < -0.3 is 24.2 Å². The van der Waals surface area contributed by atoms with Crippen molar-refractivity contribution in [1.82, 2.24) is 0 Å². The summed E-state index contributed by atoms with van der Waals surface area (Å²) in [6.45, 7) is 4.72. The Morgan fingerprint density at radius 2 is 0.590 bits per heavy atom. The number of ether oxygens (including phenoxy) is 3. The summed E-state index contributed by atoms with van der Waals surface area (Å²) in [7, 11) is -4.75. The summed E-state index contributed by atoms with van der Waals surface area (Å²) in [6, 6.07) is 0. The number of unbranched alkanes of at least 4 members (excludes halogenated alkanes) is 42. The number of aliphatic hydroxyl groups is 1. The zero-order chi connectivity index (χ0) is 56.9. The number of hydrogen-bond acceptors (Lipinski definition) is 10. The lowest BCUT2D eigenvalue weighted by atomic mass is 10.0. The van der Waals surface area contributed by atoms with E-state index in [4.69, 9.17) is 23.3 Å². The van der Waals surface area contributed by atoms with E-state index in [1.54, 1.807) is 0 Å². The van der Waals surface area contributed by atoms with Crippen LogP contribution in [-0.2, 0) is 42.2 Å². The fourth-order valence-electron chi connectivity index (χ4n) is 9.76. The van der Waals surface area contributed by atoms with E-state index in [9.17, 15) is 28.9 Å². The summed E-state index contributed by atoms with van der Waals surface area (Å²) in [4.78, 5) is 48.8. The molecule has 460 valence electrons. The third-order valence-corrected chi connectivity index (χ3v) is 15.8. The van der Waals surface area contributed by atoms with Crippen LogP contribution in [0.1, 0.15) is 342 Å². The van der Waals surface area contributed by atoms with Crippen molar-refractivity contribution >= 4 is 25.7 Å². The molecule has 12 heteroatoms. The van der Waals surface area contributed by atoms with E-state index < -0.39 is 57.8 Å². The Balaban J connectivity index is 4.66. The first-order valence-electron chi connectivity index (χ1n) is 33.2. The second-order valence-electron chi connectivity index (χ2n) is 22.6. The second kappa shape index (κ2) is 61.0. The summed E-state index contributed by atoms with van der Waals surface area (Å²) in [5.74, 6) is -1.44. The Kier molecular flexibility index (Phi) is 59.4. The van der Waals surface area contributed by atoms with E-state index in [1.165, 1.54) is 218 Å². The SMILES string of the molecule is CCCCCCCC/C=C\CCCCCCCCCCCC(=O)OC(COC(=O)CCCCCCCCC/C=C\CCCCCCCC)COP(=O)(O)OCC(CO)OC(=O)CCCCCCCCCCCCCCCCC. The van der Waals surface area contributed by atoms with E-state index in [0.717, 1.165) is 64.2 Å². The largest absolute Gasteiger partial charge is 0.472 e. The Labute approximate surface area is 480 Å². The maximum absolute atomic E-state index is 13.0. The molecule has 0 radical (unpaired) electrons. The van der Waals surface area contributed by atoms with E-state index in [2.05, 4.69) is 45.1 Å². The van der Waals surface area contributed by atoms with E-state index in [0.29, 0.717) is 19.3 Å². The lowest BCUT2D eigenvalue weighted by molar-refractivity contribution is -0.161. The number of hydrogen-bond donors (Lipinski definition) is 2. The molecule has 0 spiro atoms. The normalized spacial score (nSPS) is 13.3. The third-order valence-electron chi connectivity index (χ3n) is 14.8. The van der Waals surface area contributed by atoms with Gasteiger partial charge in [0, 0.05) is 19.3 Å². The average molecular weight is 1130 g/mol. The molecule has 0 aromatic heterocycles. The molecule has 0 saturated heterocycles. The molecular formula is C66H125O11P. The summed E-state index contributed by atoms with van der Waals surface area (Å²) in [5.41, 5.74) is 0. The quantitative estimate of drug-likeness (QED) is 0.0197. The minimum Gasteiger partial charge on any atom is -0.462 e. The van der Waals surface area contributed by atoms with Crippen LogP contribution < -0.4 is 0 Å². The molecule has 0 aliphatic rings. The molecule has 0 aromatic rings. The highest BCUT2D eigenvalue weighted by atomic mass is 31.2. The second-order valence-corrected chi connectivity index (χ2v) is 24.1. The van der Waals surface area contributed by atoms with Gasteiger partial charge in [0.1, 0.15) is 12.7 Å². The van der Waals surface area contributed by atoms with Gasteiger partial charge in [-0.25, -0.2) is 4.57 Å². The van der Waals surface area contributed by atoms with Crippen LogP contribution in [-0.4, -0.2) is 66.5 Å². The van der Waals surface area contributed by atoms with Crippen LogP contribution in [0.2, 0.25) is 0 Å². The number of allylic oxidation sites excluding steroid dienone is 4. The van der Waals surface area contributed by atoms with Crippen LogP contribution >= 0.6 is 7.82 Å². The first kappa shape index (κ1) is 76.0. The molecular weight excluding hydrogens is 1000 g/mol. The number of carbonyl (C=O) groups is 3. The average Bonchev–Trinajstić information content (AvgIpc) is 3.43. The van der Waals surface area contributed by atoms with Gasteiger partial charge in [0.05, 0.1) is 19.8 Å². The predicted octanol–water partition coefficient (Wildman–Crippen LogP) is 20.2. The first-order chi connectivity index (χ1) is 38.2. The third kappa shape index (κ3) is 58.6. The van der Waals surface area contributed by atoms with Gasteiger partial charge in [-0.05, 0) is 70.6 Å². The number of phosphoric ester groups is 1. The predicted molar refractivity (Wildman–Crippen MR) is 326 cm³/mol. The fourth-order valence-corrected chi connectivity index (χ4v) is 10.5. The zero-order valence-electron chi connectivity index (χ0n) is 51.2. The molecule has 78 heavy (non-hydrogen) atoms. The summed E-state index contributed by atoms with van der Waals surface area (Å²) in [6.07, 6.45) is 64.1. The van der Waals surface area contributed by atoms with Crippen LogP contribution in [0.15, 0.2) is 24.3 Å². The molecule has 0 amide bonds. The highest BCUT2D eigenvalue weighted by molar-refractivity contribution is 7.47. The molecule has 0 aliphatic heterocycles. The van der Waals surface area contributed by atoms with Crippen LogP contribution in [0.3, 0.4) is 0 Å². The van der Waals surface area contributed by atoms with Crippen molar-refractivity contribution in [2.45, 2.75) is 354 Å². The molecule has 0 aliphatic carbocycles. The summed E-state index contributed by atoms with van der Waals surface area (Å²) < 4.78 is 39.7. The van der Waals surface area contributed by atoms with Gasteiger partial charge in [-0.15, -0.1) is 0 Å². The number of esters is 3. The Morgan fingerprint density at radius 3 is 0.885 bits per heavy atom. The number of carbonyl (C=O) groups excluding carboxylic acids is 3. The highest BCUT2D eigenvalue weighted by Gasteiger charge is 2.28. The Morgan fingerprint density at radius 1 is 0.346 bits per heavy atom. The minimum atomic E-state index is -4.75. The van der Waals surface area contributed by atoms with Crippen molar-refractivity contribution < 1.29 is 52.2 Å². The molecule has 0 heterocycles. The van der Waals surface area contributed by atoms with E-state index in [1.807, 2.05) is 0 Å². The van der Waals surface area contributed by atoms with Crippen molar-refractivity contribution in [3.8, 4) is 0 Å². The molecule has 0 fully saturated rings. The standard InChI is InChI=1S/C66H125O11P/c1-4-7-10-13-16-19-22-25-28-30-31-33-36-39-42-45-48-51-54-57-66(70)77-63(59-73-64(68)55-52-49-46-43-40-37-35-32-29-26-23-20-17-14-11-8-5-2)61-75-78(71,72)74-60-62(58-67)76-65(69)56-53-50-47-44-41-38-34-27-24-21-18-15-12-9-6-3/h25-26,28-29,62-63,67H,4-24,27,30-61H2,1-3H3,(H,71,72)/b28-25-,29-26-. The molecule has 0 rings (SSSR count). The van der Waals surface area contributed by atoms with Gasteiger partial charge in [0.2, 0.25) is 0 Å². The van der Waals surface area contributed by atoms with Crippen molar-refractivity contribution in [2.24, 2.45) is 0 Å². The van der Waals surface area contributed by atoms with Crippen molar-refractivity contribution in [2.75, 3.05) is 26.4 Å². The fraction of sp³-hybridized carbons (Fsp3) is 0.894. The van der Waals surface area contributed by atoms with Gasteiger partial charge >= 0.3 is 25.7 Å². The molecule has 3 unspecified atom stereocenters. The van der Waals surface area contributed by atoms with Crippen molar-refractivity contribution in [3.05, 3.63) is 24.3 Å². The molecule has 0 bridgehead atoms. The first-order valence-corrected chi connectivity index (χ1v) is 34.7. The van der Waals surface area contributed by atoms with Gasteiger partial charge in [-0.3, -0.25) is 23.4 Å². The maximum Gasteiger partial charge on any atom is 0.472 e. The Hall–Kier alpha value is -2.04. The molecule has 2 N–H and O–H groups in total. The molecule has 11 nitrogen and oxygen atoms in total. The van der Waals surface area contributed by atoms with Crippen molar-refractivity contribution in [3.63, 3.8) is 0 Å². The summed E-state index contributed by atoms with van der Waals surface area (Å²) in [5, 5.41) is 9.85. The van der Waals surface area contributed by atoms with E-state index >= 15 is 0 Å². The lowest BCUT2D eigenvalue weighted by Gasteiger charge is -2.21. The van der Waals surface area contributed by atoms with Gasteiger partial charge in [0.15, 0.2) is 6.10 Å². The van der Waals surface area contributed by atoms with Crippen LogP contribution in [0.4, 0.5) is 0 Å². The summed E-state index contributed by atoms with van der Waals surface area (Å²) >= 11 is 0. The Bertz CT molecular complexity index is 1400. The van der Waals surface area contributed by atoms with Crippen molar-refractivity contribution in [1.29, 1.82) is 0 Å². The number of aliphatic hydroxyl groups excluding tert-OH is 1. The highest BCUT2D eigenvalue weighted by Crippen LogP contribution is 2.43. The molecule has 0 saturated carbocycles. The minimum absolute atomic E-state index is 0.170. The topological polar surface area (TPSA) is 155 Å². The molecule has 3 atom stereocenters. The van der Waals surface area contributed by atoms with E-state index in [-0.39, 0.29) is 25.9 Å². The van der Waals surface area contributed by atoms with Gasteiger partial charge in [-0.1, -0.05) is 276 Å². The smallest absolute Gasteiger partial charge is 0.462 e. The number of rotatable bonds is 63. The van der Waals surface area contributed by atoms with Crippen LogP contribution in [0, 0.1) is 0 Å².